The van der Waals surface area contributed by atoms with Gasteiger partial charge in [0.15, 0.2) is 0 Å². The summed E-state index contributed by atoms with van der Waals surface area (Å²) >= 11 is 0. The number of anilines is 4. The predicted molar refractivity (Wildman–Crippen MR) is 298 cm³/mol. The molecule has 18 heteroatoms. The molecule has 0 bridgehead atoms. The Kier molecular flexibility index (Phi) is 17.0. The van der Waals surface area contributed by atoms with Gasteiger partial charge in [0.1, 0.15) is 0 Å². The Morgan fingerprint density at radius 3 is 1.33 bits per heavy atom. The maximum atomic E-state index is 13.3. The fourth-order valence-electron chi connectivity index (χ4n) is 9.02. The van der Waals surface area contributed by atoms with E-state index in [9.17, 15) is 41.1 Å². The number of hydrogen-bond donors (Lipinski definition) is 5. The highest BCUT2D eigenvalue weighted by Crippen LogP contribution is 2.41. The molecule has 1 saturated heterocycles. The molecule has 9 rings (SSSR count). The third-order valence-electron chi connectivity index (χ3n) is 13.4. The van der Waals surface area contributed by atoms with Crippen molar-refractivity contribution in [3.63, 3.8) is 0 Å². The highest BCUT2D eigenvalue weighted by atomic mass is 32.2. The Labute approximate surface area is 444 Å². The van der Waals surface area contributed by atoms with Gasteiger partial charge in [0.25, 0.3) is 17.7 Å². The smallest absolute Gasteiger partial charge is 0.335 e. The number of aromatic carboxylic acids is 1. The number of rotatable bonds is 18. The number of fused-ring (bicyclic) bond motifs is 2. The number of unbranched alkanes of at least 4 members (excludes halogenated alkanes) is 2. The van der Waals surface area contributed by atoms with E-state index in [0.717, 1.165) is 57.2 Å². The van der Waals surface area contributed by atoms with Crippen molar-refractivity contribution in [3.8, 4) is 0 Å². The van der Waals surface area contributed by atoms with E-state index in [-0.39, 0.29) is 33.1 Å². The number of nitrogens with one attached hydrogen (secondary N) is 4. The zero-order chi connectivity index (χ0) is 54.1. The Balaban J connectivity index is 0.000000203. The van der Waals surface area contributed by atoms with E-state index >= 15 is 0 Å². The summed E-state index contributed by atoms with van der Waals surface area (Å²) < 4.78 is 55.6. The Morgan fingerprint density at radius 2 is 0.947 bits per heavy atom. The number of carboxylic acids is 1. The number of benzene rings is 6. The molecular weight excluding hydrogens is 1000 g/mol. The summed E-state index contributed by atoms with van der Waals surface area (Å²) in [5.74, 6) is -1.71. The van der Waals surface area contributed by atoms with Crippen LogP contribution in [0.15, 0.2) is 155 Å². The fourth-order valence-corrected chi connectivity index (χ4v) is 11.5. The van der Waals surface area contributed by atoms with Gasteiger partial charge in [0, 0.05) is 79.7 Å². The number of carbonyl (C=O) groups is 4. The van der Waals surface area contributed by atoms with Crippen molar-refractivity contribution in [3.05, 3.63) is 179 Å². The largest absolute Gasteiger partial charge is 0.478 e. The summed E-state index contributed by atoms with van der Waals surface area (Å²) in [5, 5.41) is 21.5. The van der Waals surface area contributed by atoms with Gasteiger partial charge in [-0.3, -0.25) is 14.4 Å². The molecule has 5 N–H and O–H groups in total. The highest BCUT2D eigenvalue weighted by molar-refractivity contribution is 7.89. The molecule has 3 aliphatic rings. The summed E-state index contributed by atoms with van der Waals surface area (Å²) in [6.45, 7) is 6.40. The van der Waals surface area contributed by atoms with Crippen molar-refractivity contribution in [2.45, 2.75) is 62.2 Å². The molecule has 0 radical (unpaired) electrons. The lowest BCUT2D eigenvalue weighted by atomic mass is 10.00. The van der Waals surface area contributed by atoms with Crippen molar-refractivity contribution >= 4 is 89.0 Å². The van der Waals surface area contributed by atoms with Crippen molar-refractivity contribution < 1.29 is 41.1 Å². The maximum Gasteiger partial charge on any atom is 0.335 e. The lowest BCUT2D eigenvalue weighted by Gasteiger charge is -2.18. The molecule has 0 aliphatic carbocycles. The van der Waals surface area contributed by atoms with E-state index in [1.807, 2.05) is 91.5 Å². The molecule has 0 saturated carbocycles. The number of sulfonamides is 2. The zero-order valence-corrected chi connectivity index (χ0v) is 44.4. The van der Waals surface area contributed by atoms with Gasteiger partial charge in [0.2, 0.25) is 20.0 Å². The van der Waals surface area contributed by atoms with Crippen LogP contribution in [-0.4, -0.2) is 99.4 Å². The molecule has 6 aromatic carbocycles. The zero-order valence-electron chi connectivity index (χ0n) is 42.8. The van der Waals surface area contributed by atoms with Crippen LogP contribution in [0, 0.1) is 0 Å². The number of hydrogen-bond acceptors (Lipinski definition) is 10. The molecular formula is C58H61N7O9S2. The van der Waals surface area contributed by atoms with Gasteiger partial charge in [-0.2, -0.15) is 0 Å². The van der Waals surface area contributed by atoms with Crippen LogP contribution < -0.4 is 21.3 Å². The van der Waals surface area contributed by atoms with Gasteiger partial charge in [-0.05, 0) is 122 Å². The molecule has 3 heterocycles. The summed E-state index contributed by atoms with van der Waals surface area (Å²) in [6.07, 6.45) is 5.32. The van der Waals surface area contributed by atoms with Crippen LogP contribution in [0.5, 0.6) is 0 Å². The van der Waals surface area contributed by atoms with E-state index in [1.54, 1.807) is 56.6 Å². The molecule has 0 atom stereocenters. The summed E-state index contributed by atoms with van der Waals surface area (Å²) in [7, 11) is -4.34. The lowest BCUT2D eigenvalue weighted by Crippen LogP contribution is -2.28. The van der Waals surface area contributed by atoms with Crippen LogP contribution in [0.25, 0.3) is 22.5 Å². The topological polar surface area (TPSA) is 215 Å². The van der Waals surface area contributed by atoms with E-state index in [2.05, 4.69) is 21.3 Å². The van der Waals surface area contributed by atoms with E-state index < -0.39 is 26.0 Å². The molecule has 394 valence electrons. The van der Waals surface area contributed by atoms with Crippen molar-refractivity contribution in [1.82, 2.24) is 13.5 Å². The van der Waals surface area contributed by atoms with Gasteiger partial charge in [-0.1, -0.05) is 87.4 Å². The average molecular weight is 1060 g/mol. The van der Waals surface area contributed by atoms with Crippen LogP contribution >= 0.6 is 0 Å². The minimum absolute atomic E-state index is 0.0208. The second-order valence-corrected chi connectivity index (χ2v) is 22.7. The van der Waals surface area contributed by atoms with Gasteiger partial charge in [-0.15, -0.1) is 0 Å². The van der Waals surface area contributed by atoms with Crippen molar-refractivity contribution in [2.75, 3.05) is 61.5 Å². The molecule has 0 aromatic heterocycles. The third kappa shape index (κ3) is 12.0. The molecule has 6 aromatic rings. The Bertz CT molecular complexity index is 3430. The van der Waals surface area contributed by atoms with Gasteiger partial charge in [0.05, 0.1) is 37.9 Å². The molecule has 76 heavy (non-hydrogen) atoms. The van der Waals surface area contributed by atoms with E-state index in [1.165, 1.54) is 38.9 Å². The van der Waals surface area contributed by atoms with Gasteiger partial charge < -0.3 is 31.3 Å². The first kappa shape index (κ1) is 54.4. The SMILES string of the molecule is CCCCN(C)S(=O)(=O)c1ccc2c(c1)/C(=C(/Nc1ccc(C(=O)N3CCCC3)cc1)c1ccccc1)C(=O)N2.CCCCN(C)S(=O)(=O)c1ccc2c(c1)/C(=C(/Nc1ccc(C(=O)O)cc1)c1ccccc1)C(=O)N2. The highest BCUT2D eigenvalue weighted by Gasteiger charge is 2.33. The summed E-state index contributed by atoms with van der Waals surface area (Å²) in [4.78, 5) is 52.6. The second-order valence-electron chi connectivity index (χ2n) is 18.6. The number of likely N-dealkylation sites (tertiary alicyclic amines) is 1. The number of nitrogens with zero attached hydrogens (tertiary/aromatic N) is 3. The molecule has 0 unspecified atom stereocenters. The van der Waals surface area contributed by atoms with Crippen LogP contribution in [0.1, 0.15) is 95.3 Å². The minimum atomic E-state index is -3.74. The summed E-state index contributed by atoms with van der Waals surface area (Å²) in [5.41, 5.74) is 7.25. The normalized spacial score (nSPS) is 15.3. The van der Waals surface area contributed by atoms with Crippen LogP contribution in [-0.2, 0) is 29.6 Å². The molecule has 1 fully saturated rings. The van der Waals surface area contributed by atoms with Crippen molar-refractivity contribution in [2.24, 2.45) is 0 Å². The van der Waals surface area contributed by atoms with Crippen LogP contribution in [0.4, 0.5) is 22.7 Å². The number of amides is 3. The number of carbonyl (C=O) groups excluding carboxylic acids is 3. The van der Waals surface area contributed by atoms with Crippen molar-refractivity contribution in [1.29, 1.82) is 0 Å². The number of carboxylic acid groups (broad SMARTS) is 1. The standard InChI is InChI=1S/C31H34N4O4S.C27H27N3O5S/c1-3-4-18-34(2)40(38,39)25-16-17-27-26(21-25)28(30(36)33-27)29(22-10-6-5-7-11-22)32-24-14-12-23(13-15-24)31(37)35-19-8-9-20-35;1-3-4-16-30(2)36(34,35)21-14-15-23-22(17-21)24(26(31)29-23)25(18-8-6-5-7-9-18)28-20-12-10-19(11-13-20)27(32)33/h5-7,10-17,21,32H,3-4,8-9,18-20H2,1-2H3,(H,33,36);5-15,17,28H,3-4,16H2,1-2H3,(H,29,31)(H,32,33)/b29-28-;25-24-. The molecule has 0 spiro atoms. The van der Waals surface area contributed by atoms with Crippen LogP contribution in [0.3, 0.4) is 0 Å². The monoisotopic (exact) mass is 1060 g/mol. The van der Waals surface area contributed by atoms with Gasteiger partial charge in [-0.25, -0.2) is 30.2 Å². The second kappa shape index (κ2) is 23.8. The first-order chi connectivity index (χ1) is 36.5. The summed E-state index contributed by atoms with van der Waals surface area (Å²) in [6, 6.07) is 41.4. The Morgan fingerprint density at radius 1 is 0.553 bits per heavy atom. The quantitative estimate of drug-likeness (QED) is 0.0511. The van der Waals surface area contributed by atoms with Gasteiger partial charge >= 0.3 is 5.97 Å². The molecule has 3 amide bonds. The first-order valence-electron chi connectivity index (χ1n) is 25.2. The van der Waals surface area contributed by atoms with Crippen LogP contribution in [0.2, 0.25) is 0 Å². The third-order valence-corrected chi connectivity index (χ3v) is 17.1. The first-order valence-corrected chi connectivity index (χ1v) is 28.1. The fraction of sp³-hybridized carbons (Fsp3) is 0.241. The lowest BCUT2D eigenvalue weighted by molar-refractivity contribution is -0.111. The predicted octanol–water partition coefficient (Wildman–Crippen LogP) is 10.0. The Hall–Kier alpha value is -7.90. The van der Waals surface area contributed by atoms with E-state index in [4.69, 9.17) is 0 Å². The maximum absolute atomic E-state index is 13.3. The molecule has 16 nitrogen and oxygen atoms in total. The minimum Gasteiger partial charge on any atom is -0.478 e. The van der Waals surface area contributed by atoms with E-state index in [0.29, 0.717) is 80.6 Å². The molecule has 3 aliphatic heterocycles. The average Bonchev–Trinajstić information content (AvgIpc) is 4.19.